The third kappa shape index (κ3) is 6.05. The molecule has 0 unspecified atom stereocenters. The summed E-state index contributed by atoms with van der Waals surface area (Å²) in [7, 11) is 0. The van der Waals surface area contributed by atoms with Crippen molar-refractivity contribution in [2.24, 2.45) is 0 Å². The number of esters is 1. The van der Waals surface area contributed by atoms with Crippen LogP contribution in [0, 0.1) is 0 Å². The number of rotatable bonds is 7. The molecule has 1 amide bonds. The minimum absolute atomic E-state index is 0.209. The number of hydrogen-bond acceptors (Lipinski definition) is 3. The monoisotopic (exact) mass is 345 g/mol. The molecule has 1 atom stereocenters. The van der Waals surface area contributed by atoms with Gasteiger partial charge in [-0.15, -0.1) is 0 Å². The molecule has 0 saturated heterocycles. The number of ether oxygens (including phenoxy) is 1. The Balaban J connectivity index is 1.71. The molecule has 2 aromatic rings. The lowest BCUT2D eigenvalue weighted by molar-refractivity contribution is -0.148. The largest absolute Gasteiger partial charge is 0.456 e. The van der Waals surface area contributed by atoms with Gasteiger partial charge in [0.05, 0.1) is 6.04 Å². The van der Waals surface area contributed by atoms with Crippen molar-refractivity contribution in [3.63, 3.8) is 0 Å². The van der Waals surface area contributed by atoms with E-state index in [9.17, 15) is 9.59 Å². The molecule has 4 nitrogen and oxygen atoms in total. The van der Waals surface area contributed by atoms with Gasteiger partial charge in [-0.05, 0) is 36.6 Å². The van der Waals surface area contributed by atoms with Crippen LogP contribution in [0.3, 0.4) is 0 Å². The van der Waals surface area contributed by atoms with E-state index < -0.39 is 0 Å². The van der Waals surface area contributed by atoms with Gasteiger partial charge in [-0.25, -0.2) is 0 Å². The molecule has 0 radical (unpaired) electrons. The van der Waals surface area contributed by atoms with Crippen molar-refractivity contribution in [3.8, 4) is 0 Å². The van der Waals surface area contributed by atoms with Gasteiger partial charge in [0.25, 0.3) is 5.91 Å². The Labute approximate surface area is 146 Å². The molecule has 0 aromatic heterocycles. The van der Waals surface area contributed by atoms with Crippen molar-refractivity contribution >= 4 is 23.5 Å². The van der Waals surface area contributed by atoms with Crippen molar-refractivity contribution in [3.05, 3.63) is 70.7 Å². The van der Waals surface area contributed by atoms with E-state index in [1.165, 1.54) is 0 Å². The summed E-state index contributed by atoms with van der Waals surface area (Å²) in [6.45, 7) is 1.57. The lowest BCUT2D eigenvalue weighted by atomic mass is 10.1. The fourth-order valence-electron chi connectivity index (χ4n) is 2.25. The Bertz CT molecular complexity index is 688. The smallest absolute Gasteiger partial charge is 0.306 e. The van der Waals surface area contributed by atoms with Crippen molar-refractivity contribution in [1.82, 2.24) is 5.32 Å². The summed E-state index contributed by atoms with van der Waals surface area (Å²) >= 11 is 5.93. The first-order valence-corrected chi connectivity index (χ1v) is 8.17. The number of halogens is 1. The van der Waals surface area contributed by atoms with Crippen LogP contribution < -0.4 is 5.32 Å². The molecule has 24 heavy (non-hydrogen) atoms. The standard InChI is InChI=1S/C19H20ClNO3/c1-14(16-8-5-9-17(20)12-16)21-18(22)13-24-19(23)11-10-15-6-3-2-4-7-15/h2-9,12,14H,10-11,13H2,1H3,(H,21,22)/t14-/m1/s1. The number of amides is 1. The highest BCUT2D eigenvalue weighted by Crippen LogP contribution is 2.17. The van der Waals surface area contributed by atoms with Gasteiger partial charge in [-0.3, -0.25) is 9.59 Å². The molecule has 0 spiro atoms. The van der Waals surface area contributed by atoms with E-state index >= 15 is 0 Å². The van der Waals surface area contributed by atoms with Crippen molar-refractivity contribution in [2.75, 3.05) is 6.61 Å². The van der Waals surface area contributed by atoms with E-state index in [-0.39, 0.29) is 30.9 Å². The summed E-state index contributed by atoms with van der Waals surface area (Å²) in [4.78, 5) is 23.6. The first kappa shape index (κ1) is 18.0. The summed E-state index contributed by atoms with van der Waals surface area (Å²) in [5, 5.41) is 3.39. The first-order chi connectivity index (χ1) is 11.5. The lowest BCUT2D eigenvalue weighted by Gasteiger charge is -2.14. The van der Waals surface area contributed by atoms with Crippen LogP contribution in [0.1, 0.15) is 30.5 Å². The van der Waals surface area contributed by atoms with Gasteiger partial charge in [0.2, 0.25) is 0 Å². The van der Waals surface area contributed by atoms with Crippen LogP contribution >= 0.6 is 11.6 Å². The molecule has 0 aliphatic rings. The van der Waals surface area contributed by atoms with E-state index in [2.05, 4.69) is 5.32 Å². The maximum absolute atomic E-state index is 11.9. The second-order valence-electron chi connectivity index (χ2n) is 5.49. The minimum Gasteiger partial charge on any atom is -0.456 e. The predicted octanol–water partition coefficient (Wildman–Crippen LogP) is 3.69. The third-order valence-electron chi connectivity index (χ3n) is 3.55. The molecule has 5 heteroatoms. The van der Waals surface area contributed by atoms with Crippen LogP contribution in [-0.4, -0.2) is 18.5 Å². The summed E-state index contributed by atoms with van der Waals surface area (Å²) < 4.78 is 5.01. The van der Waals surface area contributed by atoms with Gasteiger partial charge in [0.1, 0.15) is 0 Å². The topological polar surface area (TPSA) is 55.4 Å². The fraction of sp³-hybridized carbons (Fsp3) is 0.263. The average Bonchev–Trinajstić information content (AvgIpc) is 2.59. The Kier molecular flexibility index (Phi) is 6.82. The van der Waals surface area contributed by atoms with Crippen molar-refractivity contribution in [1.29, 1.82) is 0 Å². The van der Waals surface area contributed by atoms with E-state index in [1.807, 2.05) is 49.4 Å². The van der Waals surface area contributed by atoms with Gasteiger partial charge < -0.3 is 10.1 Å². The van der Waals surface area contributed by atoms with Gasteiger partial charge in [0, 0.05) is 11.4 Å². The van der Waals surface area contributed by atoms with Crippen LogP contribution in [0.2, 0.25) is 5.02 Å². The highest BCUT2D eigenvalue weighted by molar-refractivity contribution is 6.30. The van der Waals surface area contributed by atoms with E-state index in [4.69, 9.17) is 16.3 Å². The summed E-state index contributed by atoms with van der Waals surface area (Å²) in [6, 6.07) is 16.7. The molecule has 0 aliphatic heterocycles. The molecular formula is C19H20ClNO3. The van der Waals surface area contributed by atoms with E-state index in [1.54, 1.807) is 12.1 Å². The van der Waals surface area contributed by atoms with Crippen LogP contribution in [0.25, 0.3) is 0 Å². The van der Waals surface area contributed by atoms with Crippen LogP contribution in [0.15, 0.2) is 54.6 Å². The van der Waals surface area contributed by atoms with Crippen LogP contribution in [-0.2, 0) is 20.7 Å². The Morgan fingerprint density at radius 1 is 1.12 bits per heavy atom. The van der Waals surface area contributed by atoms with Gasteiger partial charge in [-0.2, -0.15) is 0 Å². The summed E-state index contributed by atoms with van der Waals surface area (Å²) in [5.41, 5.74) is 1.96. The second-order valence-corrected chi connectivity index (χ2v) is 5.93. The normalized spacial score (nSPS) is 11.6. The second kappa shape index (κ2) is 9.08. The molecule has 2 aromatic carbocycles. The van der Waals surface area contributed by atoms with Gasteiger partial charge in [0.15, 0.2) is 6.61 Å². The Morgan fingerprint density at radius 2 is 1.88 bits per heavy atom. The zero-order chi connectivity index (χ0) is 17.4. The molecule has 126 valence electrons. The first-order valence-electron chi connectivity index (χ1n) is 7.79. The van der Waals surface area contributed by atoms with E-state index in [0.717, 1.165) is 11.1 Å². The number of aryl methyl sites for hydroxylation is 1. The van der Waals surface area contributed by atoms with Gasteiger partial charge in [-0.1, -0.05) is 54.1 Å². The molecule has 2 rings (SSSR count). The number of nitrogens with one attached hydrogen (secondary N) is 1. The zero-order valence-electron chi connectivity index (χ0n) is 13.5. The summed E-state index contributed by atoms with van der Waals surface area (Å²) in [5.74, 6) is -0.722. The van der Waals surface area contributed by atoms with Crippen molar-refractivity contribution in [2.45, 2.75) is 25.8 Å². The molecular weight excluding hydrogens is 326 g/mol. The minimum atomic E-state index is -0.385. The quantitative estimate of drug-likeness (QED) is 0.778. The molecule has 0 saturated carbocycles. The molecule has 0 aliphatic carbocycles. The van der Waals surface area contributed by atoms with Gasteiger partial charge >= 0.3 is 5.97 Å². The van der Waals surface area contributed by atoms with Crippen LogP contribution in [0.4, 0.5) is 0 Å². The van der Waals surface area contributed by atoms with Crippen LogP contribution in [0.5, 0.6) is 0 Å². The number of carbonyl (C=O) groups excluding carboxylic acids is 2. The zero-order valence-corrected chi connectivity index (χ0v) is 14.3. The maximum atomic E-state index is 11.9. The third-order valence-corrected chi connectivity index (χ3v) is 3.79. The number of hydrogen-bond donors (Lipinski definition) is 1. The predicted molar refractivity (Wildman–Crippen MR) is 93.7 cm³/mol. The number of carbonyl (C=O) groups is 2. The lowest BCUT2D eigenvalue weighted by Crippen LogP contribution is -2.31. The highest BCUT2D eigenvalue weighted by Gasteiger charge is 2.12. The highest BCUT2D eigenvalue weighted by atomic mass is 35.5. The molecule has 0 fully saturated rings. The SMILES string of the molecule is C[C@@H](NC(=O)COC(=O)CCc1ccccc1)c1cccc(Cl)c1. The molecule has 0 heterocycles. The fourth-order valence-corrected chi connectivity index (χ4v) is 2.45. The molecule has 0 bridgehead atoms. The Morgan fingerprint density at radius 3 is 2.58 bits per heavy atom. The Hall–Kier alpha value is -2.33. The average molecular weight is 346 g/mol. The maximum Gasteiger partial charge on any atom is 0.306 e. The molecule has 1 N–H and O–H groups in total. The summed E-state index contributed by atoms with van der Waals surface area (Å²) in [6.07, 6.45) is 0.849. The van der Waals surface area contributed by atoms with E-state index in [0.29, 0.717) is 11.4 Å². The van der Waals surface area contributed by atoms with Crippen molar-refractivity contribution < 1.29 is 14.3 Å². The number of benzene rings is 2.